The summed E-state index contributed by atoms with van der Waals surface area (Å²) in [5.41, 5.74) is 2.78. The fraction of sp³-hybridized carbons (Fsp3) is 0.414. The predicted octanol–water partition coefficient (Wildman–Crippen LogP) is 2.77. The van der Waals surface area contributed by atoms with E-state index in [0.29, 0.717) is 49.7 Å². The molecule has 0 saturated carbocycles. The second-order valence-corrected chi connectivity index (χ2v) is 9.98. The van der Waals surface area contributed by atoms with Crippen molar-refractivity contribution in [1.29, 1.82) is 0 Å². The van der Waals surface area contributed by atoms with Crippen LogP contribution < -0.4 is 24.8 Å². The van der Waals surface area contributed by atoms with Gasteiger partial charge in [-0.2, -0.15) is 0 Å². The minimum atomic E-state index is -0.267. The number of aryl methyl sites for hydroxylation is 2. The molecule has 8 rings (SSSR count). The molecule has 3 aromatic rings. The number of benzene rings is 2. The molecule has 10 heteroatoms. The molecule has 1 saturated heterocycles. The zero-order valence-electron chi connectivity index (χ0n) is 22.3. The molecule has 4 bridgehead atoms. The van der Waals surface area contributed by atoms with Crippen LogP contribution in [0.2, 0.25) is 0 Å². The predicted molar refractivity (Wildman–Crippen MR) is 143 cm³/mol. The minimum Gasteiger partial charge on any atom is -0.493 e. The summed E-state index contributed by atoms with van der Waals surface area (Å²) in [7, 11) is 1.55. The highest BCUT2D eigenvalue weighted by atomic mass is 16.5. The van der Waals surface area contributed by atoms with E-state index in [1.165, 1.54) is 0 Å². The second-order valence-electron chi connectivity index (χ2n) is 9.98. The van der Waals surface area contributed by atoms with Crippen molar-refractivity contribution in [3.8, 4) is 17.2 Å². The van der Waals surface area contributed by atoms with E-state index < -0.39 is 0 Å². The zero-order chi connectivity index (χ0) is 27.2. The van der Waals surface area contributed by atoms with Gasteiger partial charge in [-0.05, 0) is 55.2 Å². The average Bonchev–Trinajstić information content (AvgIpc) is 3.35. The van der Waals surface area contributed by atoms with E-state index in [-0.39, 0.29) is 30.6 Å². The van der Waals surface area contributed by atoms with Crippen LogP contribution in [0, 0.1) is 6.92 Å². The lowest BCUT2D eigenvalue weighted by Crippen LogP contribution is -2.57. The summed E-state index contributed by atoms with van der Waals surface area (Å²) in [5, 5.41) is 10.2. The summed E-state index contributed by atoms with van der Waals surface area (Å²) in [6.07, 6.45) is 1.40. The van der Waals surface area contributed by atoms with Crippen LogP contribution in [0.1, 0.15) is 35.4 Å². The smallest absolute Gasteiger partial charge is 0.258 e. The van der Waals surface area contributed by atoms with Crippen LogP contribution in [0.25, 0.3) is 0 Å². The van der Waals surface area contributed by atoms with Crippen LogP contribution in [0.4, 0.5) is 0 Å². The molecule has 2 aromatic carbocycles. The maximum Gasteiger partial charge on any atom is 0.258 e. The lowest BCUT2D eigenvalue weighted by atomic mass is 10.0. The number of rotatable bonds is 3. The van der Waals surface area contributed by atoms with Gasteiger partial charge in [0.15, 0.2) is 18.1 Å². The first kappa shape index (κ1) is 26.6. The van der Waals surface area contributed by atoms with Gasteiger partial charge in [0.25, 0.3) is 5.91 Å². The van der Waals surface area contributed by atoms with Crippen molar-refractivity contribution in [2.24, 2.45) is 0 Å². The summed E-state index contributed by atoms with van der Waals surface area (Å²) in [5.74, 6) is 2.18. The van der Waals surface area contributed by atoms with Crippen LogP contribution in [0.5, 0.6) is 17.2 Å². The van der Waals surface area contributed by atoms with Crippen molar-refractivity contribution in [3.05, 3.63) is 71.1 Å². The molecule has 10 nitrogen and oxygen atoms in total. The van der Waals surface area contributed by atoms with Crippen molar-refractivity contribution in [1.82, 2.24) is 20.7 Å². The number of hydrogen-bond donors (Lipinski definition) is 2. The van der Waals surface area contributed by atoms with Gasteiger partial charge in [0, 0.05) is 38.7 Å². The van der Waals surface area contributed by atoms with E-state index in [1.54, 1.807) is 13.2 Å². The number of carbonyl (C=O) groups is 2. The normalized spacial score (nSPS) is 20.8. The van der Waals surface area contributed by atoms with Crippen molar-refractivity contribution in [2.75, 3.05) is 26.8 Å². The Morgan fingerprint density at radius 3 is 2.64 bits per heavy atom. The molecule has 0 unspecified atom stereocenters. The van der Waals surface area contributed by atoms with Crippen LogP contribution in [0.3, 0.4) is 0 Å². The molecule has 2 atom stereocenters. The minimum absolute atomic E-state index is 0.0314. The fourth-order valence-electron chi connectivity index (χ4n) is 4.93. The van der Waals surface area contributed by atoms with Crippen molar-refractivity contribution in [3.63, 3.8) is 0 Å². The number of amides is 2. The molecule has 0 radical (unpaired) electrons. The highest BCUT2D eigenvalue weighted by Gasteiger charge is 2.32. The van der Waals surface area contributed by atoms with E-state index in [4.69, 9.17) is 18.7 Å². The fourth-order valence-corrected chi connectivity index (χ4v) is 4.93. The summed E-state index contributed by atoms with van der Waals surface area (Å²) in [6.45, 7) is 4.13. The molecular formula is C29H34N4O6. The summed E-state index contributed by atoms with van der Waals surface area (Å²) in [4.78, 5) is 27.7. The van der Waals surface area contributed by atoms with Crippen LogP contribution in [-0.4, -0.2) is 60.8 Å². The number of piperidine rings is 1. The number of nitrogens with one attached hydrogen (secondary N) is 2. The summed E-state index contributed by atoms with van der Waals surface area (Å²) < 4.78 is 22.9. The second kappa shape index (κ2) is 12.2. The average molecular weight is 535 g/mol. The van der Waals surface area contributed by atoms with Gasteiger partial charge in [0.1, 0.15) is 17.6 Å². The molecule has 0 aliphatic carbocycles. The zero-order valence-corrected chi connectivity index (χ0v) is 22.3. The molecule has 2 amide bonds. The van der Waals surface area contributed by atoms with Crippen molar-refractivity contribution in [2.45, 2.75) is 51.4 Å². The quantitative estimate of drug-likeness (QED) is 0.527. The van der Waals surface area contributed by atoms with Crippen LogP contribution in [0.15, 0.2) is 53.1 Å². The van der Waals surface area contributed by atoms with Crippen molar-refractivity contribution >= 4 is 11.8 Å². The SMILES string of the molecule is COc1cc2ccc1OCC(=O)N[C@@H]1CN(Cc3cc(C)on3)CC[C@H]1Oc1ccc(cc1)CNC(=O)CC2. The summed E-state index contributed by atoms with van der Waals surface area (Å²) in [6, 6.07) is 14.8. The summed E-state index contributed by atoms with van der Waals surface area (Å²) >= 11 is 0. The Bertz CT molecular complexity index is 1290. The third kappa shape index (κ3) is 7.08. The maximum atomic E-state index is 13.0. The van der Waals surface area contributed by atoms with E-state index in [1.807, 2.05) is 49.4 Å². The number of hydrogen-bond acceptors (Lipinski definition) is 8. The molecule has 5 aliphatic rings. The Labute approximate surface area is 227 Å². The highest BCUT2D eigenvalue weighted by Crippen LogP contribution is 2.29. The first-order valence-corrected chi connectivity index (χ1v) is 13.2. The third-order valence-electron chi connectivity index (χ3n) is 6.97. The van der Waals surface area contributed by atoms with E-state index in [2.05, 4.69) is 20.7 Å². The molecule has 39 heavy (non-hydrogen) atoms. The first-order valence-electron chi connectivity index (χ1n) is 13.2. The standard InChI is InChI=1S/C29H34N4O6/c1-19-13-22(32-39-19)16-33-12-11-25-24(17-33)31-29(35)18-37-26-9-5-20(14-27(26)36-2)6-10-28(34)30-15-21-3-7-23(38-25)8-4-21/h3-5,7-9,13-14,24-25H,6,10-12,15-18H2,1-2H3,(H,30,34)(H,31,35)/t24-,25-/m1/s1. The molecule has 6 heterocycles. The molecular weight excluding hydrogens is 500 g/mol. The van der Waals surface area contributed by atoms with Gasteiger partial charge in [-0.25, -0.2) is 0 Å². The van der Waals surface area contributed by atoms with Crippen molar-refractivity contribution < 1.29 is 28.3 Å². The Morgan fingerprint density at radius 2 is 1.87 bits per heavy atom. The number of aromatic nitrogens is 1. The van der Waals surface area contributed by atoms with Gasteiger partial charge in [-0.1, -0.05) is 23.4 Å². The maximum absolute atomic E-state index is 13.0. The Balaban J connectivity index is 1.35. The lowest BCUT2D eigenvalue weighted by molar-refractivity contribution is -0.125. The van der Waals surface area contributed by atoms with E-state index in [0.717, 1.165) is 35.5 Å². The van der Waals surface area contributed by atoms with Crippen LogP contribution in [-0.2, 0) is 29.1 Å². The number of ether oxygens (including phenoxy) is 3. The monoisotopic (exact) mass is 534 g/mol. The molecule has 1 fully saturated rings. The molecule has 5 aliphatic heterocycles. The highest BCUT2D eigenvalue weighted by molar-refractivity contribution is 5.78. The van der Waals surface area contributed by atoms with Gasteiger partial charge in [0.05, 0.1) is 18.8 Å². The molecule has 2 N–H and O–H groups in total. The van der Waals surface area contributed by atoms with E-state index >= 15 is 0 Å². The topological polar surface area (TPSA) is 115 Å². The molecule has 206 valence electrons. The van der Waals surface area contributed by atoms with Gasteiger partial charge in [-0.3, -0.25) is 14.5 Å². The van der Waals surface area contributed by atoms with Gasteiger partial charge in [0.2, 0.25) is 5.91 Å². The third-order valence-corrected chi connectivity index (χ3v) is 6.97. The van der Waals surface area contributed by atoms with Gasteiger partial charge >= 0.3 is 0 Å². The van der Waals surface area contributed by atoms with E-state index in [9.17, 15) is 9.59 Å². The number of likely N-dealkylation sites (tertiary alicyclic amines) is 1. The number of nitrogens with zero attached hydrogens (tertiary/aromatic N) is 2. The lowest BCUT2D eigenvalue weighted by Gasteiger charge is -2.38. The Morgan fingerprint density at radius 1 is 1.05 bits per heavy atom. The van der Waals surface area contributed by atoms with Gasteiger partial charge < -0.3 is 29.4 Å². The molecule has 1 aromatic heterocycles. The Kier molecular flexibility index (Phi) is 8.31. The van der Waals surface area contributed by atoms with Gasteiger partial charge in [-0.15, -0.1) is 0 Å². The van der Waals surface area contributed by atoms with Crippen LogP contribution >= 0.6 is 0 Å². The first-order chi connectivity index (χ1) is 18.9. The molecule has 0 spiro atoms. The largest absolute Gasteiger partial charge is 0.493 e. The number of methoxy groups -OCH3 is 1. The number of carbonyl (C=O) groups excluding carboxylic acids is 2. The Hall–Kier alpha value is -4.05.